The molecule has 1 heterocycles. The molecule has 3 rings (SSSR count). The number of alkyl halides is 3. The van der Waals surface area contributed by atoms with Gasteiger partial charge in [-0.25, -0.2) is 9.18 Å². The zero-order chi connectivity index (χ0) is 18.2. The molecule has 25 heavy (non-hydrogen) atoms. The van der Waals surface area contributed by atoms with Crippen LogP contribution in [0.4, 0.5) is 33.7 Å². The number of hydrogen-bond acceptors (Lipinski definition) is 2. The van der Waals surface area contributed by atoms with Crippen molar-refractivity contribution in [3.8, 4) is 5.75 Å². The standard InChI is InChI=1S/C17H14F4N2O2/c1-10-5-6-14-13(15(10)18)7-8-23(14)16(24)22-11-3-2-4-12(9-11)25-17(19,20)21/h2-6,9H,7-8H2,1H3,(H,22,24). The summed E-state index contributed by atoms with van der Waals surface area (Å²) in [5.41, 5.74) is 1.57. The molecule has 1 N–H and O–H groups in total. The molecule has 2 aromatic rings. The first kappa shape index (κ1) is 17.1. The van der Waals surface area contributed by atoms with E-state index in [1.54, 1.807) is 19.1 Å². The third-order valence-electron chi connectivity index (χ3n) is 3.85. The number of nitrogens with zero attached hydrogens (tertiary/aromatic N) is 1. The molecule has 0 atom stereocenters. The zero-order valence-corrected chi connectivity index (χ0v) is 13.2. The smallest absolute Gasteiger partial charge is 0.406 e. The van der Waals surface area contributed by atoms with E-state index in [0.717, 1.165) is 12.1 Å². The van der Waals surface area contributed by atoms with E-state index in [4.69, 9.17) is 0 Å². The first-order valence-electron chi connectivity index (χ1n) is 7.47. The maximum Gasteiger partial charge on any atom is 0.573 e. The van der Waals surface area contributed by atoms with Crippen LogP contribution in [0.15, 0.2) is 36.4 Å². The fourth-order valence-corrected chi connectivity index (χ4v) is 2.74. The summed E-state index contributed by atoms with van der Waals surface area (Å²) < 4.78 is 54.7. The number of carbonyl (C=O) groups excluding carboxylic acids is 1. The number of anilines is 2. The molecule has 0 aliphatic carbocycles. The van der Waals surface area contributed by atoms with E-state index in [0.29, 0.717) is 29.8 Å². The number of amides is 2. The fourth-order valence-electron chi connectivity index (χ4n) is 2.74. The molecule has 2 aromatic carbocycles. The molecule has 0 unspecified atom stereocenters. The van der Waals surface area contributed by atoms with Crippen LogP contribution in [0, 0.1) is 12.7 Å². The molecule has 0 aromatic heterocycles. The fraction of sp³-hybridized carbons (Fsp3) is 0.235. The maximum absolute atomic E-state index is 14.1. The molecule has 1 aliphatic rings. The van der Waals surface area contributed by atoms with Gasteiger partial charge in [0.2, 0.25) is 0 Å². The van der Waals surface area contributed by atoms with Crippen molar-refractivity contribution >= 4 is 17.4 Å². The summed E-state index contributed by atoms with van der Waals surface area (Å²) >= 11 is 0. The van der Waals surface area contributed by atoms with Gasteiger partial charge in [0.05, 0.1) is 5.69 Å². The Kier molecular flexibility index (Phi) is 4.28. The SMILES string of the molecule is Cc1ccc2c(c1F)CCN2C(=O)Nc1cccc(OC(F)(F)F)c1. The number of aryl methyl sites for hydroxylation is 1. The van der Waals surface area contributed by atoms with Crippen molar-refractivity contribution in [2.24, 2.45) is 0 Å². The minimum atomic E-state index is -4.81. The highest BCUT2D eigenvalue weighted by Gasteiger charge is 2.31. The molecule has 1 aliphatic heterocycles. The van der Waals surface area contributed by atoms with Crippen LogP contribution >= 0.6 is 0 Å². The van der Waals surface area contributed by atoms with E-state index < -0.39 is 18.1 Å². The lowest BCUT2D eigenvalue weighted by molar-refractivity contribution is -0.274. The van der Waals surface area contributed by atoms with Crippen molar-refractivity contribution in [3.05, 3.63) is 53.3 Å². The lowest BCUT2D eigenvalue weighted by atomic mass is 10.1. The van der Waals surface area contributed by atoms with Crippen molar-refractivity contribution in [3.63, 3.8) is 0 Å². The minimum Gasteiger partial charge on any atom is -0.406 e. The molecule has 0 fully saturated rings. The largest absolute Gasteiger partial charge is 0.573 e. The van der Waals surface area contributed by atoms with Gasteiger partial charge in [0, 0.05) is 23.9 Å². The lowest BCUT2D eigenvalue weighted by Gasteiger charge is -2.19. The van der Waals surface area contributed by atoms with E-state index in [2.05, 4.69) is 10.1 Å². The first-order chi connectivity index (χ1) is 11.7. The van der Waals surface area contributed by atoms with Gasteiger partial charge in [-0.3, -0.25) is 4.90 Å². The molecular weight excluding hydrogens is 340 g/mol. The van der Waals surface area contributed by atoms with Crippen molar-refractivity contribution < 1.29 is 27.1 Å². The van der Waals surface area contributed by atoms with Gasteiger partial charge in [-0.1, -0.05) is 12.1 Å². The van der Waals surface area contributed by atoms with Crippen LogP contribution in [-0.2, 0) is 6.42 Å². The molecule has 0 saturated carbocycles. The topological polar surface area (TPSA) is 41.6 Å². The van der Waals surface area contributed by atoms with Gasteiger partial charge in [0.15, 0.2) is 0 Å². The molecule has 0 saturated heterocycles. The third-order valence-corrected chi connectivity index (χ3v) is 3.85. The number of hydrogen-bond donors (Lipinski definition) is 1. The number of rotatable bonds is 2. The van der Waals surface area contributed by atoms with Crippen LogP contribution in [0.2, 0.25) is 0 Å². The number of fused-ring (bicyclic) bond motifs is 1. The third kappa shape index (κ3) is 3.67. The van der Waals surface area contributed by atoms with Crippen molar-refractivity contribution in [1.29, 1.82) is 0 Å². The van der Waals surface area contributed by atoms with E-state index in [1.165, 1.54) is 17.0 Å². The number of nitrogens with one attached hydrogen (secondary N) is 1. The average molecular weight is 354 g/mol. The Labute approximate surface area is 141 Å². The van der Waals surface area contributed by atoms with Crippen molar-refractivity contribution in [1.82, 2.24) is 0 Å². The van der Waals surface area contributed by atoms with Gasteiger partial charge >= 0.3 is 12.4 Å². The Morgan fingerprint density at radius 3 is 2.72 bits per heavy atom. The second kappa shape index (κ2) is 6.27. The predicted octanol–water partition coefficient (Wildman–Crippen LogP) is 4.63. The van der Waals surface area contributed by atoms with Gasteiger partial charge < -0.3 is 10.1 Å². The normalized spacial score (nSPS) is 13.6. The summed E-state index contributed by atoms with van der Waals surface area (Å²) in [5.74, 6) is -0.776. The van der Waals surface area contributed by atoms with E-state index in [1.807, 2.05) is 0 Å². The molecule has 4 nitrogen and oxygen atoms in total. The Morgan fingerprint density at radius 1 is 1.24 bits per heavy atom. The summed E-state index contributed by atoms with van der Waals surface area (Å²) in [6.45, 7) is 1.94. The van der Waals surface area contributed by atoms with Gasteiger partial charge in [0.1, 0.15) is 11.6 Å². The van der Waals surface area contributed by atoms with Gasteiger partial charge in [0.25, 0.3) is 0 Å². The Morgan fingerprint density at radius 2 is 2.00 bits per heavy atom. The van der Waals surface area contributed by atoms with E-state index in [-0.39, 0.29) is 11.5 Å². The van der Waals surface area contributed by atoms with E-state index in [9.17, 15) is 22.4 Å². The highest BCUT2D eigenvalue weighted by atomic mass is 19.4. The highest BCUT2D eigenvalue weighted by Crippen LogP contribution is 2.32. The summed E-state index contributed by atoms with van der Waals surface area (Å²) in [5, 5.41) is 2.50. The maximum atomic E-state index is 14.1. The molecular formula is C17H14F4N2O2. The van der Waals surface area contributed by atoms with E-state index >= 15 is 0 Å². The molecule has 8 heteroatoms. The van der Waals surface area contributed by atoms with Gasteiger partial charge in [-0.15, -0.1) is 13.2 Å². The molecule has 2 amide bonds. The van der Waals surface area contributed by atoms with Gasteiger partial charge in [-0.2, -0.15) is 0 Å². The molecule has 0 bridgehead atoms. The van der Waals surface area contributed by atoms with Crippen molar-refractivity contribution in [2.75, 3.05) is 16.8 Å². The molecule has 0 spiro atoms. The van der Waals surface area contributed by atoms with Crippen LogP contribution < -0.4 is 15.0 Å². The minimum absolute atomic E-state index is 0.146. The Balaban J connectivity index is 1.77. The number of carbonyl (C=O) groups is 1. The Bertz CT molecular complexity index is 821. The zero-order valence-electron chi connectivity index (χ0n) is 13.2. The summed E-state index contributed by atoms with van der Waals surface area (Å²) in [6, 6.07) is 7.66. The van der Waals surface area contributed by atoms with Crippen LogP contribution in [-0.4, -0.2) is 18.9 Å². The number of urea groups is 1. The lowest BCUT2D eigenvalue weighted by Crippen LogP contribution is -2.33. The first-order valence-corrected chi connectivity index (χ1v) is 7.47. The number of halogens is 4. The van der Waals surface area contributed by atoms with Crippen molar-refractivity contribution in [2.45, 2.75) is 19.7 Å². The predicted molar refractivity (Wildman–Crippen MR) is 84.3 cm³/mol. The monoisotopic (exact) mass is 354 g/mol. The summed E-state index contributed by atoms with van der Waals surface area (Å²) in [7, 11) is 0. The second-order valence-electron chi connectivity index (χ2n) is 5.60. The van der Waals surface area contributed by atoms with Crippen LogP contribution in [0.25, 0.3) is 0 Å². The average Bonchev–Trinajstić information content (AvgIpc) is 2.94. The van der Waals surface area contributed by atoms with Crippen LogP contribution in [0.1, 0.15) is 11.1 Å². The van der Waals surface area contributed by atoms with Crippen LogP contribution in [0.3, 0.4) is 0 Å². The number of benzene rings is 2. The van der Waals surface area contributed by atoms with Crippen LogP contribution in [0.5, 0.6) is 5.75 Å². The van der Waals surface area contributed by atoms with Gasteiger partial charge in [-0.05, 0) is 37.1 Å². The highest BCUT2D eigenvalue weighted by molar-refractivity contribution is 6.03. The Hall–Kier alpha value is -2.77. The molecule has 0 radical (unpaired) electrons. The quantitative estimate of drug-likeness (QED) is 0.799. The summed E-state index contributed by atoms with van der Waals surface area (Å²) in [4.78, 5) is 13.8. The number of ether oxygens (including phenoxy) is 1. The summed E-state index contributed by atoms with van der Waals surface area (Å²) in [6.07, 6.45) is -4.43. The second-order valence-corrected chi connectivity index (χ2v) is 5.60. The molecule has 132 valence electrons.